The van der Waals surface area contributed by atoms with E-state index in [2.05, 4.69) is 48.5 Å². The first kappa shape index (κ1) is 21.4. The van der Waals surface area contributed by atoms with Crippen molar-refractivity contribution in [3.05, 3.63) is 60.2 Å². The standard InChI is InChI=1S/C21H27NO.2CH4/c22-20-9-5-2-6-10-21(15-20)23-16-17-11-13-19(14-12-17)18-7-3-1-4-8-18;;/h1,3-4,7-8,11-14,20-21H,2,5-6,9-10,15-16,22H2;2*1H4. The molecule has 2 atom stereocenters. The number of ether oxygens (including phenoxy) is 1. The molecule has 0 radical (unpaired) electrons. The minimum absolute atomic E-state index is 0. The minimum Gasteiger partial charge on any atom is -0.373 e. The van der Waals surface area contributed by atoms with Crippen molar-refractivity contribution in [3.8, 4) is 11.1 Å². The lowest BCUT2D eigenvalue weighted by molar-refractivity contribution is 0.0202. The zero-order valence-corrected chi connectivity index (χ0v) is 13.8. The predicted molar refractivity (Wildman–Crippen MR) is 110 cm³/mol. The van der Waals surface area contributed by atoms with Gasteiger partial charge in [0.2, 0.25) is 0 Å². The van der Waals surface area contributed by atoms with Crippen LogP contribution >= 0.6 is 0 Å². The molecule has 0 heterocycles. The highest BCUT2D eigenvalue weighted by atomic mass is 16.5. The van der Waals surface area contributed by atoms with E-state index in [1.54, 1.807) is 0 Å². The quantitative estimate of drug-likeness (QED) is 0.719. The zero-order chi connectivity index (χ0) is 15.9. The van der Waals surface area contributed by atoms with Gasteiger partial charge in [-0.15, -0.1) is 0 Å². The molecule has 1 aliphatic carbocycles. The largest absolute Gasteiger partial charge is 0.373 e. The maximum atomic E-state index is 6.17. The maximum Gasteiger partial charge on any atom is 0.0720 e. The van der Waals surface area contributed by atoms with Crippen LogP contribution in [0, 0.1) is 0 Å². The topological polar surface area (TPSA) is 35.2 Å². The van der Waals surface area contributed by atoms with Crippen LogP contribution in [0.5, 0.6) is 0 Å². The molecule has 2 heteroatoms. The number of hydrogen-bond donors (Lipinski definition) is 1. The molecule has 0 saturated heterocycles. The average molecular weight is 342 g/mol. The summed E-state index contributed by atoms with van der Waals surface area (Å²) in [6.07, 6.45) is 7.45. The lowest BCUT2D eigenvalue weighted by Gasteiger charge is -2.24. The maximum absolute atomic E-state index is 6.17. The van der Waals surface area contributed by atoms with Crippen LogP contribution in [0.3, 0.4) is 0 Å². The van der Waals surface area contributed by atoms with Gasteiger partial charge in [0.05, 0.1) is 12.7 Å². The second-order valence-electron chi connectivity index (χ2n) is 6.63. The molecule has 2 N–H and O–H groups in total. The van der Waals surface area contributed by atoms with E-state index in [-0.39, 0.29) is 14.9 Å². The molecular weight excluding hydrogens is 306 g/mol. The summed E-state index contributed by atoms with van der Waals surface area (Å²) in [5.41, 5.74) is 9.91. The SMILES string of the molecule is C.C.NC1CCCCCC(OCc2ccc(-c3ccccc3)cc2)C1. The first-order valence-electron chi connectivity index (χ1n) is 8.83. The van der Waals surface area contributed by atoms with Gasteiger partial charge in [0, 0.05) is 6.04 Å². The molecule has 2 aromatic carbocycles. The van der Waals surface area contributed by atoms with Gasteiger partial charge < -0.3 is 10.5 Å². The summed E-state index contributed by atoms with van der Waals surface area (Å²) in [6, 6.07) is 19.5. The van der Waals surface area contributed by atoms with Crippen LogP contribution < -0.4 is 5.73 Å². The smallest absolute Gasteiger partial charge is 0.0720 e. The molecule has 0 amide bonds. The third-order valence-electron chi connectivity index (χ3n) is 4.71. The van der Waals surface area contributed by atoms with Crippen LogP contribution in [0.15, 0.2) is 54.6 Å². The van der Waals surface area contributed by atoms with Crippen LogP contribution in [0.1, 0.15) is 58.9 Å². The second kappa shape index (κ2) is 11.1. The van der Waals surface area contributed by atoms with E-state index >= 15 is 0 Å². The Morgan fingerprint density at radius 3 is 2.16 bits per heavy atom. The molecule has 2 unspecified atom stereocenters. The van der Waals surface area contributed by atoms with E-state index in [9.17, 15) is 0 Å². The van der Waals surface area contributed by atoms with Gasteiger partial charge in [-0.2, -0.15) is 0 Å². The average Bonchev–Trinajstić information content (AvgIpc) is 2.58. The number of hydrogen-bond acceptors (Lipinski definition) is 2. The van der Waals surface area contributed by atoms with E-state index in [4.69, 9.17) is 10.5 Å². The van der Waals surface area contributed by atoms with E-state index < -0.39 is 0 Å². The van der Waals surface area contributed by atoms with E-state index in [0.29, 0.717) is 18.8 Å². The fraction of sp³-hybridized carbons (Fsp3) is 0.478. The van der Waals surface area contributed by atoms with Crippen LogP contribution in [-0.2, 0) is 11.3 Å². The van der Waals surface area contributed by atoms with Crippen molar-refractivity contribution in [1.29, 1.82) is 0 Å². The molecule has 138 valence electrons. The highest BCUT2D eigenvalue weighted by Gasteiger charge is 2.16. The first-order chi connectivity index (χ1) is 11.3. The Kier molecular flexibility index (Phi) is 9.48. The summed E-state index contributed by atoms with van der Waals surface area (Å²) < 4.78 is 6.14. The van der Waals surface area contributed by atoms with Crippen molar-refractivity contribution in [2.45, 2.75) is 72.1 Å². The molecule has 0 bridgehead atoms. The zero-order valence-electron chi connectivity index (χ0n) is 13.8. The fourth-order valence-electron chi connectivity index (χ4n) is 3.32. The Morgan fingerprint density at radius 2 is 1.44 bits per heavy atom. The Balaban J connectivity index is 0.00000156. The molecule has 1 saturated carbocycles. The number of rotatable bonds is 4. The van der Waals surface area contributed by atoms with Crippen LogP contribution in [-0.4, -0.2) is 12.1 Å². The molecule has 2 aromatic rings. The van der Waals surface area contributed by atoms with Gasteiger partial charge in [0.15, 0.2) is 0 Å². The van der Waals surface area contributed by atoms with Gasteiger partial charge in [-0.1, -0.05) is 88.7 Å². The predicted octanol–water partition coefficient (Wildman–Crippen LogP) is 6.19. The molecular formula is C23H35NO. The van der Waals surface area contributed by atoms with Crippen molar-refractivity contribution < 1.29 is 4.74 Å². The lowest BCUT2D eigenvalue weighted by Crippen LogP contribution is -2.29. The highest BCUT2D eigenvalue weighted by molar-refractivity contribution is 5.63. The summed E-state index contributed by atoms with van der Waals surface area (Å²) >= 11 is 0. The monoisotopic (exact) mass is 341 g/mol. The van der Waals surface area contributed by atoms with E-state index in [1.807, 2.05) is 6.07 Å². The third kappa shape index (κ3) is 6.64. The van der Waals surface area contributed by atoms with Gasteiger partial charge in [-0.25, -0.2) is 0 Å². The van der Waals surface area contributed by atoms with Crippen molar-refractivity contribution in [2.75, 3.05) is 0 Å². The highest BCUT2D eigenvalue weighted by Crippen LogP contribution is 2.22. The number of nitrogens with two attached hydrogens (primary N) is 1. The first-order valence-corrected chi connectivity index (χ1v) is 8.83. The molecule has 2 nitrogen and oxygen atoms in total. The summed E-state index contributed by atoms with van der Waals surface area (Å²) in [4.78, 5) is 0. The van der Waals surface area contributed by atoms with Gasteiger partial charge in [0.25, 0.3) is 0 Å². The Morgan fingerprint density at radius 1 is 0.800 bits per heavy atom. The Bertz CT molecular complexity index is 579. The fourth-order valence-corrected chi connectivity index (χ4v) is 3.32. The van der Waals surface area contributed by atoms with Crippen molar-refractivity contribution in [1.82, 2.24) is 0 Å². The lowest BCUT2D eigenvalue weighted by atomic mass is 9.95. The van der Waals surface area contributed by atoms with Gasteiger partial charge in [-0.05, 0) is 36.0 Å². The summed E-state index contributed by atoms with van der Waals surface area (Å²) in [5.74, 6) is 0. The molecule has 0 spiro atoms. The second-order valence-corrected chi connectivity index (χ2v) is 6.63. The van der Waals surface area contributed by atoms with Crippen molar-refractivity contribution >= 4 is 0 Å². The summed E-state index contributed by atoms with van der Waals surface area (Å²) in [5, 5.41) is 0. The van der Waals surface area contributed by atoms with Gasteiger partial charge in [0.1, 0.15) is 0 Å². The molecule has 0 aliphatic heterocycles. The van der Waals surface area contributed by atoms with Crippen molar-refractivity contribution in [3.63, 3.8) is 0 Å². The number of benzene rings is 2. The molecule has 1 aliphatic rings. The normalized spacial score (nSPS) is 20.5. The van der Waals surface area contributed by atoms with Crippen LogP contribution in [0.25, 0.3) is 11.1 Å². The van der Waals surface area contributed by atoms with Crippen molar-refractivity contribution in [2.24, 2.45) is 5.73 Å². The van der Waals surface area contributed by atoms with Gasteiger partial charge in [-0.3, -0.25) is 0 Å². The van der Waals surface area contributed by atoms with E-state index in [0.717, 1.165) is 19.3 Å². The molecule has 3 rings (SSSR count). The minimum atomic E-state index is 0. The van der Waals surface area contributed by atoms with Crippen LogP contribution in [0.2, 0.25) is 0 Å². The Hall–Kier alpha value is -1.64. The molecule has 0 aromatic heterocycles. The summed E-state index contributed by atoms with van der Waals surface area (Å²) in [6.45, 7) is 0.687. The molecule has 1 fully saturated rings. The van der Waals surface area contributed by atoms with Crippen LogP contribution in [0.4, 0.5) is 0 Å². The summed E-state index contributed by atoms with van der Waals surface area (Å²) in [7, 11) is 0. The van der Waals surface area contributed by atoms with E-state index in [1.165, 1.54) is 36.0 Å². The molecule has 25 heavy (non-hydrogen) atoms. The third-order valence-corrected chi connectivity index (χ3v) is 4.71. The Labute approximate surface area is 154 Å². The van der Waals surface area contributed by atoms with Gasteiger partial charge >= 0.3 is 0 Å².